The van der Waals surface area contributed by atoms with Crippen LogP contribution in [0, 0.1) is 6.92 Å². The number of imide groups is 1. The zero-order valence-corrected chi connectivity index (χ0v) is 19.0. The Hall–Kier alpha value is -3.15. The number of para-hydroxylation sites is 1. The highest BCUT2D eigenvalue weighted by Crippen LogP contribution is 2.44. The minimum Gasteiger partial charge on any atom is -0.496 e. The smallest absolute Gasteiger partial charge is 0.240 e. The third-order valence-electron chi connectivity index (χ3n) is 7.02. The first-order chi connectivity index (χ1) is 15.4. The van der Waals surface area contributed by atoms with Crippen LogP contribution in [0.15, 0.2) is 48.5 Å². The van der Waals surface area contributed by atoms with Crippen LogP contribution in [-0.2, 0) is 19.8 Å². The van der Waals surface area contributed by atoms with Gasteiger partial charge in [0.2, 0.25) is 17.7 Å². The number of aryl methyl sites for hydroxylation is 1. The number of hydrogen-bond donors (Lipinski definition) is 0. The highest BCUT2D eigenvalue weighted by atomic mass is 16.5. The van der Waals surface area contributed by atoms with Gasteiger partial charge in [0.1, 0.15) is 5.75 Å². The molecule has 2 aliphatic rings. The van der Waals surface area contributed by atoms with E-state index < -0.39 is 5.41 Å². The molecular formula is C26H30N2O4. The molecule has 2 aliphatic heterocycles. The lowest BCUT2D eigenvalue weighted by Gasteiger charge is -2.36. The van der Waals surface area contributed by atoms with E-state index >= 15 is 0 Å². The van der Waals surface area contributed by atoms with Crippen LogP contribution in [-0.4, -0.2) is 54.8 Å². The molecule has 0 unspecified atom stereocenters. The number of benzene rings is 2. The van der Waals surface area contributed by atoms with Gasteiger partial charge in [-0.1, -0.05) is 42.5 Å². The van der Waals surface area contributed by atoms with Crippen LogP contribution in [0.2, 0.25) is 0 Å². The molecule has 2 aromatic rings. The predicted molar refractivity (Wildman–Crippen MR) is 121 cm³/mol. The SMILES string of the molecule is COc1ccccc1[C@]1(CC(=O)N2CCC[C@@H](c3ccccc3C)C2)CC(=O)N(C)C1=O. The molecule has 2 aromatic carbocycles. The highest BCUT2D eigenvalue weighted by Gasteiger charge is 2.54. The van der Waals surface area contributed by atoms with Gasteiger partial charge in [0.25, 0.3) is 0 Å². The molecule has 32 heavy (non-hydrogen) atoms. The lowest BCUT2D eigenvalue weighted by Crippen LogP contribution is -2.45. The number of carbonyl (C=O) groups excluding carboxylic acids is 3. The van der Waals surface area contributed by atoms with Crippen molar-refractivity contribution in [2.45, 2.75) is 43.9 Å². The summed E-state index contributed by atoms with van der Waals surface area (Å²) in [6, 6.07) is 15.5. The summed E-state index contributed by atoms with van der Waals surface area (Å²) in [6.45, 7) is 3.40. The van der Waals surface area contributed by atoms with E-state index in [1.165, 1.54) is 25.3 Å². The van der Waals surface area contributed by atoms with Crippen LogP contribution < -0.4 is 4.74 Å². The number of ether oxygens (including phenoxy) is 1. The third-order valence-corrected chi connectivity index (χ3v) is 7.02. The van der Waals surface area contributed by atoms with E-state index in [9.17, 15) is 14.4 Å². The van der Waals surface area contributed by atoms with E-state index in [4.69, 9.17) is 4.74 Å². The first-order valence-corrected chi connectivity index (χ1v) is 11.1. The Morgan fingerprint density at radius 3 is 2.53 bits per heavy atom. The number of likely N-dealkylation sites (N-methyl/N-ethyl adjacent to an activating group) is 1. The highest BCUT2D eigenvalue weighted by molar-refractivity contribution is 6.10. The number of carbonyl (C=O) groups is 3. The van der Waals surface area contributed by atoms with Crippen molar-refractivity contribution < 1.29 is 19.1 Å². The van der Waals surface area contributed by atoms with Crippen molar-refractivity contribution in [1.82, 2.24) is 9.80 Å². The molecule has 2 heterocycles. The fraction of sp³-hybridized carbons (Fsp3) is 0.423. The van der Waals surface area contributed by atoms with Gasteiger partial charge in [0.15, 0.2) is 0 Å². The van der Waals surface area contributed by atoms with E-state index in [-0.39, 0.29) is 36.5 Å². The van der Waals surface area contributed by atoms with Crippen LogP contribution in [0.4, 0.5) is 0 Å². The lowest BCUT2D eigenvalue weighted by atomic mass is 9.75. The average Bonchev–Trinajstić information content (AvgIpc) is 3.03. The van der Waals surface area contributed by atoms with Gasteiger partial charge in [-0.25, -0.2) is 0 Å². The predicted octanol–water partition coefficient (Wildman–Crippen LogP) is 3.43. The summed E-state index contributed by atoms with van der Waals surface area (Å²) in [5.41, 5.74) is 1.88. The van der Waals surface area contributed by atoms with E-state index in [0.29, 0.717) is 24.4 Å². The van der Waals surface area contributed by atoms with Crippen molar-refractivity contribution in [3.63, 3.8) is 0 Å². The summed E-state index contributed by atoms with van der Waals surface area (Å²) >= 11 is 0. The number of hydrogen-bond acceptors (Lipinski definition) is 4. The molecule has 0 spiro atoms. The molecule has 2 fully saturated rings. The standard InChI is InChI=1S/C26H30N2O4/c1-18-9-4-5-11-20(18)19-10-8-14-28(17-19)24(30)16-26(15-23(29)27(2)25(26)31)21-12-6-7-13-22(21)32-3/h4-7,9,11-13,19H,8,10,14-17H2,1-3H3/t19-,26-/m1/s1. The van der Waals surface area contributed by atoms with Crippen LogP contribution in [0.3, 0.4) is 0 Å². The minimum atomic E-state index is -1.23. The summed E-state index contributed by atoms with van der Waals surface area (Å²) in [5.74, 6) is 0.0940. The molecule has 0 bridgehead atoms. The Balaban J connectivity index is 1.63. The lowest BCUT2D eigenvalue weighted by molar-refractivity contribution is -0.142. The molecule has 6 nitrogen and oxygen atoms in total. The Bertz CT molecular complexity index is 1050. The second-order valence-corrected chi connectivity index (χ2v) is 8.93. The average molecular weight is 435 g/mol. The monoisotopic (exact) mass is 434 g/mol. The van der Waals surface area contributed by atoms with Crippen molar-refractivity contribution in [1.29, 1.82) is 0 Å². The number of piperidine rings is 1. The Morgan fingerprint density at radius 1 is 1.12 bits per heavy atom. The quantitative estimate of drug-likeness (QED) is 0.677. The van der Waals surface area contributed by atoms with Gasteiger partial charge >= 0.3 is 0 Å². The van der Waals surface area contributed by atoms with E-state index in [2.05, 4.69) is 19.1 Å². The fourth-order valence-electron chi connectivity index (χ4n) is 5.24. The van der Waals surface area contributed by atoms with Crippen molar-refractivity contribution in [2.24, 2.45) is 0 Å². The van der Waals surface area contributed by atoms with E-state index in [0.717, 1.165) is 17.7 Å². The van der Waals surface area contributed by atoms with Gasteiger partial charge in [-0.05, 0) is 37.0 Å². The molecule has 3 amide bonds. The molecule has 4 rings (SSSR count). The summed E-state index contributed by atoms with van der Waals surface area (Å²) in [6.07, 6.45) is 1.89. The fourth-order valence-corrected chi connectivity index (χ4v) is 5.24. The van der Waals surface area contributed by atoms with Gasteiger partial charge in [-0.15, -0.1) is 0 Å². The van der Waals surface area contributed by atoms with Gasteiger partial charge in [-0.3, -0.25) is 19.3 Å². The second-order valence-electron chi connectivity index (χ2n) is 8.93. The van der Waals surface area contributed by atoms with Crippen molar-refractivity contribution in [3.8, 4) is 5.75 Å². The van der Waals surface area contributed by atoms with Crippen LogP contribution >= 0.6 is 0 Å². The summed E-state index contributed by atoms with van der Waals surface area (Å²) in [7, 11) is 3.03. The topological polar surface area (TPSA) is 66.9 Å². The molecule has 0 N–H and O–H groups in total. The van der Waals surface area contributed by atoms with E-state index in [1.807, 2.05) is 29.2 Å². The molecule has 0 saturated carbocycles. The first kappa shape index (κ1) is 22.1. The number of nitrogens with zero attached hydrogens (tertiary/aromatic N) is 2. The van der Waals surface area contributed by atoms with Crippen molar-refractivity contribution in [2.75, 3.05) is 27.2 Å². The maximum Gasteiger partial charge on any atom is 0.240 e. The molecule has 0 aliphatic carbocycles. The zero-order chi connectivity index (χ0) is 22.9. The number of rotatable bonds is 5. The largest absolute Gasteiger partial charge is 0.496 e. The molecule has 2 atom stereocenters. The third kappa shape index (κ3) is 3.78. The summed E-state index contributed by atoms with van der Waals surface area (Å²) in [5, 5.41) is 0. The van der Waals surface area contributed by atoms with E-state index in [1.54, 1.807) is 12.1 Å². The summed E-state index contributed by atoms with van der Waals surface area (Å²) < 4.78 is 5.51. The Labute approximate surface area is 189 Å². The Morgan fingerprint density at radius 2 is 1.84 bits per heavy atom. The first-order valence-electron chi connectivity index (χ1n) is 11.1. The number of likely N-dealkylation sites (tertiary alicyclic amines) is 2. The molecule has 168 valence electrons. The van der Waals surface area contributed by atoms with Crippen LogP contribution in [0.25, 0.3) is 0 Å². The minimum absolute atomic E-state index is 0.0243. The van der Waals surface area contributed by atoms with Gasteiger partial charge < -0.3 is 9.64 Å². The van der Waals surface area contributed by atoms with Gasteiger partial charge in [0, 0.05) is 44.5 Å². The van der Waals surface area contributed by atoms with Crippen molar-refractivity contribution in [3.05, 3.63) is 65.2 Å². The van der Waals surface area contributed by atoms with Crippen LogP contribution in [0.5, 0.6) is 5.75 Å². The maximum absolute atomic E-state index is 13.6. The molecule has 0 aromatic heterocycles. The number of amides is 3. The van der Waals surface area contributed by atoms with Crippen LogP contribution in [0.1, 0.15) is 48.3 Å². The molecule has 0 radical (unpaired) electrons. The zero-order valence-electron chi connectivity index (χ0n) is 19.0. The molecule has 6 heteroatoms. The maximum atomic E-state index is 13.6. The summed E-state index contributed by atoms with van der Waals surface area (Å²) in [4.78, 5) is 42.4. The van der Waals surface area contributed by atoms with Gasteiger partial charge in [-0.2, -0.15) is 0 Å². The van der Waals surface area contributed by atoms with Gasteiger partial charge in [0.05, 0.1) is 12.5 Å². The van der Waals surface area contributed by atoms with Crippen molar-refractivity contribution >= 4 is 17.7 Å². The molecule has 2 saturated heterocycles. The normalized spacial score (nSPS) is 23.5. The number of methoxy groups -OCH3 is 1. The molecular weight excluding hydrogens is 404 g/mol. The second kappa shape index (κ2) is 8.77. The Kier molecular flexibility index (Phi) is 6.04.